The lowest BCUT2D eigenvalue weighted by Crippen LogP contribution is -2.28. The van der Waals surface area contributed by atoms with Gasteiger partial charge in [0.05, 0.1) is 4.87 Å². The van der Waals surface area contributed by atoms with E-state index in [0.717, 1.165) is 0 Å². The molecule has 1 aliphatic rings. The lowest BCUT2D eigenvalue weighted by Gasteiger charge is -2.38. The Hall–Kier alpha value is -1.47. The molecule has 86 valence electrons. The fourth-order valence-corrected chi connectivity index (χ4v) is 2.92. The molecule has 0 unspecified atom stereocenters. The summed E-state index contributed by atoms with van der Waals surface area (Å²) in [5.41, 5.74) is 4.71. The molecule has 3 rings (SSSR count). The van der Waals surface area contributed by atoms with Crippen LogP contribution in [0.15, 0.2) is 48.5 Å². The Morgan fingerprint density at radius 2 is 1.29 bits per heavy atom. The number of nitrogens with zero attached hydrogens (tertiary/aromatic N) is 1. The molecule has 2 heteroatoms. The highest BCUT2D eigenvalue weighted by Crippen LogP contribution is 2.50. The molecule has 17 heavy (non-hydrogen) atoms. The van der Waals surface area contributed by atoms with E-state index in [0.29, 0.717) is 0 Å². The zero-order valence-electron chi connectivity index (χ0n) is 9.94. The second kappa shape index (κ2) is 3.51. The maximum Gasteiger partial charge on any atom is 0.0956 e. The number of alkyl halides is 1. The smallest absolute Gasteiger partial charge is 0.0956 e. The third kappa shape index (κ3) is 1.39. The van der Waals surface area contributed by atoms with Crippen molar-refractivity contribution >= 4 is 23.0 Å². The van der Waals surface area contributed by atoms with E-state index in [4.69, 9.17) is 11.6 Å². The molecular weight excluding hydrogens is 230 g/mol. The monoisotopic (exact) mass is 243 g/mol. The zero-order valence-corrected chi connectivity index (χ0v) is 10.7. The van der Waals surface area contributed by atoms with Gasteiger partial charge >= 0.3 is 0 Å². The minimum atomic E-state index is -0.445. The topological polar surface area (TPSA) is 3.24 Å². The molecular formula is C15H14ClN. The van der Waals surface area contributed by atoms with Crippen molar-refractivity contribution in [2.75, 3.05) is 11.9 Å². The molecule has 2 aromatic carbocycles. The number of anilines is 2. The summed E-state index contributed by atoms with van der Waals surface area (Å²) in [4.78, 5) is 1.76. The van der Waals surface area contributed by atoms with Gasteiger partial charge in [-0.3, -0.25) is 0 Å². The molecule has 0 aromatic heterocycles. The number of fused-ring (bicyclic) bond motifs is 2. The van der Waals surface area contributed by atoms with Crippen LogP contribution in [-0.4, -0.2) is 7.05 Å². The zero-order chi connectivity index (χ0) is 12.0. The molecule has 0 aliphatic carbocycles. The van der Waals surface area contributed by atoms with E-state index in [1.54, 1.807) is 0 Å². The van der Waals surface area contributed by atoms with Gasteiger partial charge in [0.2, 0.25) is 0 Å². The first kappa shape index (κ1) is 10.7. The highest BCUT2D eigenvalue weighted by molar-refractivity contribution is 6.27. The Morgan fingerprint density at radius 1 is 0.882 bits per heavy atom. The number of halogens is 1. The summed E-state index contributed by atoms with van der Waals surface area (Å²) < 4.78 is 0. The number of para-hydroxylation sites is 2. The lowest BCUT2D eigenvalue weighted by atomic mass is 9.86. The summed E-state index contributed by atoms with van der Waals surface area (Å²) in [5.74, 6) is 0. The van der Waals surface area contributed by atoms with E-state index in [-0.39, 0.29) is 0 Å². The molecule has 2 aromatic rings. The molecule has 0 fully saturated rings. The minimum absolute atomic E-state index is 0.445. The van der Waals surface area contributed by atoms with E-state index in [1.807, 2.05) is 12.1 Å². The van der Waals surface area contributed by atoms with Crippen LogP contribution in [0.4, 0.5) is 11.4 Å². The molecule has 0 atom stereocenters. The number of hydrogen-bond acceptors (Lipinski definition) is 1. The van der Waals surface area contributed by atoms with E-state index in [9.17, 15) is 0 Å². The molecule has 1 nitrogen and oxygen atoms in total. The van der Waals surface area contributed by atoms with E-state index < -0.39 is 4.87 Å². The van der Waals surface area contributed by atoms with Crippen LogP contribution in [-0.2, 0) is 4.87 Å². The van der Waals surface area contributed by atoms with Gasteiger partial charge in [-0.05, 0) is 19.1 Å². The summed E-state index contributed by atoms with van der Waals surface area (Å²) in [6.07, 6.45) is 0. The van der Waals surface area contributed by atoms with Gasteiger partial charge < -0.3 is 4.90 Å². The Labute approximate surface area is 107 Å². The fraction of sp³-hybridized carbons (Fsp3) is 0.200. The van der Waals surface area contributed by atoms with Crippen molar-refractivity contribution in [2.45, 2.75) is 11.8 Å². The molecule has 0 saturated heterocycles. The van der Waals surface area contributed by atoms with Gasteiger partial charge in [-0.2, -0.15) is 0 Å². The Kier molecular flexibility index (Phi) is 2.20. The first-order valence-electron chi connectivity index (χ1n) is 5.74. The van der Waals surface area contributed by atoms with Gasteiger partial charge in [0, 0.05) is 29.5 Å². The standard InChI is InChI=1S/C15H14ClN/c1-15(16)11-7-3-5-9-13(11)17(2)14-10-6-4-8-12(14)15/h3-10H,1-2H3. The van der Waals surface area contributed by atoms with Gasteiger partial charge in [0.15, 0.2) is 0 Å². The Morgan fingerprint density at radius 3 is 1.76 bits per heavy atom. The van der Waals surface area contributed by atoms with Gasteiger partial charge in [-0.15, -0.1) is 11.6 Å². The summed E-state index contributed by atoms with van der Waals surface area (Å²) in [6, 6.07) is 16.6. The summed E-state index contributed by atoms with van der Waals surface area (Å²) in [6.45, 7) is 2.07. The molecule has 0 saturated carbocycles. The van der Waals surface area contributed by atoms with Crippen molar-refractivity contribution in [3.8, 4) is 0 Å². The molecule has 1 heterocycles. The maximum atomic E-state index is 6.77. The van der Waals surface area contributed by atoms with Crippen LogP contribution < -0.4 is 4.90 Å². The van der Waals surface area contributed by atoms with Crippen LogP contribution in [0.3, 0.4) is 0 Å². The van der Waals surface area contributed by atoms with Gasteiger partial charge in [-0.1, -0.05) is 36.4 Å². The van der Waals surface area contributed by atoms with E-state index >= 15 is 0 Å². The molecule has 1 aliphatic heterocycles. The van der Waals surface area contributed by atoms with E-state index in [1.165, 1.54) is 22.5 Å². The predicted molar refractivity (Wildman–Crippen MR) is 73.3 cm³/mol. The van der Waals surface area contributed by atoms with Crippen LogP contribution in [0, 0.1) is 0 Å². The Bertz CT molecular complexity index is 525. The number of rotatable bonds is 0. The van der Waals surface area contributed by atoms with Crippen LogP contribution in [0.25, 0.3) is 0 Å². The van der Waals surface area contributed by atoms with Crippen molar-refractivity contribution in [3.05, 3.63) is 59.7 Å². The first-order chi connectivity index (χ1) is 8.12. The second-order valence-electron chi connectivity index (χ2n) is 4.60. The maximum absolute atomic E-state index is 6.77. The van der Waals surface area contributed by atoms with Crippen molar-refractivity contribution in [2.24, 2.45) is 0 Å². The number of benzene rings is 2. The van der Waals surface area contributed by atoms with Gasteiger partial charge in [-0.25, -0.2) is 0 Å². The third-order valence-corrected chi connectivity index (χ3v) is 3.95. The SMILES string of the molecule is CN1c2ccccc2C(C)(Cl)c2ccccc21. The summed E-state index contributed by atoms with van der Waals surface area (Å²) >= 11 is 6.77. The lowest BCUT2D eigenvalue weighted by molar-refractivity contribution is 0.796. The van der Waals surface area contributed by atoms with Gasteiger partial charge in [0.25, 0.3) is 0 Å². The van der Waals surface area contributed by atoms with Crippen LogP contribution in [0.1, 0.15) is 18.1 Å². The first-order valence-corrected chi connectivity index (χ1v) is 6.12. The van der Waals surface area contributed by atoms with E-state index in [2.05, 4.69) is 55.3 Å². The second-order valence-corrected chi connectivity index (χ2v) is 5.35. The largest absolute Gasteiger partial charge is 0.344 e. The Balaban J connectivity index is 2.34. The average molecular weight is 244 g/mol. The molecule has 0 bridgehead atoms. The highest BCUT2D eigenvalue weighted by Gasteiger charge is 2.36. The van der Waals surface area contributed by atoms with Gasteiger partial charge in [0.1, 0.15) is 0 Å². The molecule has 0 amide bonds. The summed E-state index contributed by atoms with van der Waals surface area (Å²) in [5, 5.41) is 0. The predicted octanol–water partition coefficient (Wildman–Crippen LogP) is 4.27. The fourth-order valence-electron chi connectivity index (χ4n) is 2.60. The van der Waals surface area contributed by atoms with Crippen LogP contribution in [0.2, 0.25) is 0 Å². The third-order valence-electron chi connectivity index (χ3n) is 3.54. The van der Waals surface area contributed by atoms with Crippen molar-refractivity contribution in [1.82, 2.24) is 0 Å². The van der Waals surface area contributed by atoms with Crippen molar-refractivity contribution in [3.63, 3.8) is 0 Å². The van der Waals surface area contributed by atoms with Crippen molar-refractivity contribution < 1.29 is 0 Å². The molecule has 0 radical (unpaired) electrons. The summed E-state index contributed by atoms with van der Waals surface area (Å²) in [7, 11) is 2.09. The minimum Gasteiger partial charge on any atom is -0.344 e. The highest BCUT2D eigenvalue weighted by atomic mass is 35.5. The molecule has 0 N–H and O–H groups in total. The molecule has 0 spiro atoms. The quantitative estimate of drug-likeness (QED) is 0.625. The van der Waals surface area contributed by atoms with Crippen molar-refractivity contribution in [1.29, 1.82) is 0 Å². The normalized spacial score (nSPS) is 16.3. The number of hydrogen-bond donors (Lipinski definition) is 0. The van der Waals surface area contributed by atoms with Crippen LogP contribution >= 0.6 is 11.6 Å². The average Bonchev–Trinajstić information content (AvgIpc) is 2.37. The van der Waals surface area contributed by atoms with Crippen LogP contribution in [0.5, 0.6) is 0 Å².